The van der Waals surface area contributed by atoms with Crippen LogP contribution < -0.4 is 10.6 Å². The van der Waals surface area contributed by atoms with Gasteiger partial charge >= 0.3 is 0 Å². The second-order valence-corrected chi connectivity index (χ2v) is 3.34. The summed E-state index contributed by atoms with van der Waals surface area (Å²) in [5.74, 6) is 0.778. The van der Waals surface area contributed by atoms with E-state index in [-0.39, 0.29) is 0 Å². The first kappa shape index (κ1) is 8.02. The molecule has 1 aliphatic heterocycles. The lowest BCUT2D eigenvalue weighted by atomic mass is 10.0. The van der Waals surface area contributed by atoms with Crippen molar-refractivity contribution in [2.24, 2.45) is 5.92 Å². The Hall–Kier alpha value is -0.0800. The maximum atomic E-state index is 3.52. The Kier molecular flexibility index (Phi) is 3.16. The summed E-state index contributed by atoms with van der Waals surface area (Å²) in [6, 6.07) is 0.731. The molecule has 0 bridgehead atoms. The van der Waals surface area contributed by atoms with Crippen LogP contribution in [0, 0.1) is 5.92 Å². The van der Waals surface area contributed by atoms with E-state index in [0.717, 1.165) is 25.0 Å². The highest BCUT2D eigenvalue weighted by atomic mass is 15.0. The molecule has 1 rings (SSSR count). The highest BCUT2D eigenvalue weighted by Crippen LogP contribution is 2.05. The summed E-state index contributed by atoms with van der Waals surface area (Å²) < 4.78 is 0. The molecule has 0 saturated carbocycles. The molecule has 1 aliphatic rings. The van der Waals surface area contributed by atoms with Crippen molar-refractivity contribution >= 4 is 0 Å². The Morgan fingerprint density at radius 3 is 2.70 bits per heavy atom. The van der Waals surface area contributed by atoms with Crippen molar-refractivity contribution in [3.05, 3.63) is 0 Å². The van der Waals surface area contributed by atoms with Gasteiger partial charge in [-0.15, -0.1) is 0 Å². The third-order valence-electron chi connectivity index (χ3n) is 2.15. The highest BCUT2D eigenvalue weighted by Gasteiger charge is 2.13. The SMILES string of the molecule is CC(C)[C@@H]1CCNCCN1. The van der Waals surface area contributed by atoms with Crippen LogP contribution in [0.1, 0.15) is 20.3 Å². The summed E-state index contributed by atoms with van der Waals surface area (Å²) in [6.07, 6.45) is 1.28. The summed E-state index contributed by atoms with van der Waals surface area (Å²) in [4.78, 5) is 0. The van der Waals surface area contributed by atoms with Gasteiger partial charge < -0.3 is 10.6 Å². The average Bonchev–Trinajstić information content (AvgIpc) is 2.12. The monoisotopic (exact) mass is 142 g/mol. The van der Waals surface area contributed by atoms with E-state index in [0.29, 0.717) is 0 Å². The van der Waals surface area contributed by atoms with Crippen molar-refractivity contribution in [1.29, 1.82) is 0 Å². The molecule has 60 valence electrons. The third-order valence-corrected chi connectivity index (χ3v) is 2.15. The molecular weight excluding hydrogens is 124 g/mol. The van der Waals surface area contributed by atoms with Crippen molar-refractivity contribution in [2.45, 2.75) is 26.3 Å². The highest BCUT2D eigenvalue weighted by molar-refractivity contribution is 4.74. The van der Waals surface area contributed by atoms with Gasteiger partial charge in [-0.1, -0.05) is 13.8 Å². The van der Waals surface area contributed by atoms with E-state index in [2.05, 4.69) is 24.5 Å². The predicted octanol–water partition coefficient (Wildman–Crippen LogP) is 0.594. The molecule has 0 aromatic rings. The molecule has 0 aromatic carbocycles. The van der Waals surface area contributed by atoms with Crippen LogP contribution in [0.3, 0.4) is 0 Å². The molecule has 0 radical (unpaired) electrons. The molecule has 1 fully saturated rings. The van der Waals surface area contributed by atoms with Crippen LogP contribution in [-0.2, 0) is 0 Å². The predicted molar refractivity (Wildman–Crippen MR) is 44.1 cm³/mol. The van der Waals surface area contributed by atoms with Crippen LogP contribution in [0.25, 0.3) is 0 Å². The van der Waals surface area contributed by atoms with Gasteiger partial charge in [-0.05, 0) is 18.9 Å². The minimum Gasteiger partial charge on any atom is -0.315 e. The van der Waals surface area contributed by atoms with E-state index >= 15 is 0 Å². The third kappa shape index (κ3) is 2.27. The van der Waals surface area contributed by atoms with E-state index in [9.17, 15) is 0 Å². The van der Waals surface area contributed by atoms with Gasteiger partial charge in [0.05, 0.1) is 0 Å². The lowest BCUT2D eigenvalue weighted by molar-refractivity contribution is 0.402. The lowest BCUT2D eigenvalue weighted by Crippen LogP contribution is -2.34. The molecule has 10 heavy (non-hydrogen) atoms. The molecule has 0 aliphatic carbocycles. The fourth-order valence-electron chi connectivity index (χ4n) is 1.40. The summed E-state index contributed by atoms with van der Waals surface area (Å²) in [7, 11) is 0. The zero-order valence-electron chi connectivity index (χ0n) is 6.98. The quantitative estimate of drug-likeness (QED) is 0.560. The van der Waals surface area contributed by atoms with Crippen LogP contribution >= 0.6 is 0 Å². The Balaban J connectivity index is 2.28. The van der Waals surface area contributed by atoms with Gasteiger partial charge in [-0.25, -0.2) is 0 Å². The minimum absolute atomic E-state index is 0.731. The maximum absolute atomic E-state index is 3.52. The second-order valence-electron chi connectivity index (χ2n) is 3.34. The van der Waals surface area contributed by atoms with E-state index in [4.69, 9.17) is 0 Å². The first-order valence-electron chi connectivity index (χ1n) is 4.25. The Bertz CT molecular complexity index is 83.3. The van der Waals surface area contributed by atoms with Crippen LogP contribution in [0.15, 0.2) is 0 Å². The molecular formula is C8H18N2. The first-order chi connectivity index (χ1) is 4.80. The summed E-state index contributed by atoms with van der Waals surface area (Å²) in [5, 5.41) is 6.89. The van der Waals surface area contributed by atoms with Gasteiger partial charge in [0.1, 0.15) is 0 Å². The fourth-order valence-corrected chi connectivity index (χ4v) is 1.40. The first-order valence-corrected chi connectivity index (χ1v) is 4.25. The maximum Gasteiger partial charge on any atom is 0.0103 e. The summed E-state index contributed by atoms with van der Waals surface area (Å²) >= 11 is 0. The largest absolute Gasteiger partial charge is 0.315 e. The normalized spacial score (nSPS) is 28.5. The molecule has 2 heteroatoms. The molecule has 0 aromatic heterocycles. The van der Waals surface area contributed by atoms with Crippen LogP contribution in [0.4, 0.5) is 0 Å². The van der Waals surface area contributed by atoms with Crippen LogP contribution in [0.2, 0.25) is 0 Å². The molecule has 1 atom stereocenters. The topological polar surface area (TPSA) is 24.1 Å². The molecule has 0 spiro atoms. The molecule has 1 heterocycles. The van der Waals surface area contributed by atoms with Gasteiger partial charge in [0.15, 0.2) is 0 Å². The van der Waals surface area contributed by atoms with Gasteiger partial charge in [0.25, 0.3) is 0 Å². The minimum atomic E-state index is 0.731. The molecule has 0 amide bonds. The zero-order chi connectivity index (χ0) is 7.40. The van der Waals surface area contributed by atoms with Gasteiger partial charge in [-0.3, -0.25) is 0 Å². The van der Waals surface area contributed by atoms with Gasteiger partial charge in [-0.2, -0.15) is 0 Å². The Morgan fingerprint density at radius 2 is 2.00 bits per heavy atom. The molecule has 0 unspecified atom stereocenters. The number of hydrogen-bond donors (Lipinski definition) is 2. The summed E-state index contributed by atoms with van der Waals surface area (Å²) in [5.41, 5.74) is 0. The van der Waals surface area contributed by atoms with Crippen LogP contribution in [-0.4, -0.2) is 25.7 Å². The van der Waals surface area contributed by atoms with E-state index < -0.39 is 0 Å². The van der Waals surface area contributed by atoms with Crippen molar-refractivity contribution in [2.75, 3.05) is 19.6 Å². The van der Waals surface area contributed by atoms with Gasteiger partial charge in [0.2, 0.25) is 0 Å². The van der Waals surface area contributed by atoms with Crippen molar-refractivity contribution in [1.82, 2.24) is 10.6 Å². The number of rotatable bonds is 1. The Labute approximate surface area is 63.4 Å². The molecule has 2 N–H and O–H groups in total. The van der Waals surface area contributed by atoms with Crippen molar-refractivity contribution in [3.63, 3.8) is 0 Å². The standard InChI is InChI=1S/C8H18N2/c1-7(2)8-3-4-9-5-6-10-8/h7-10H,3-6H2,1-2H3/t8-/m0/s1. The van der Waals surface area contributed by atoms with Crippen LogP contribution in [0.5, 0.6) is 0 Å². The molecule has 1 saturated heterocycles. The van der Waals surface area contributed by atoms with E-state index in [1.165, 1.54) is 13.0 Å². The zero-order valence-corrected chi connectivity index (χ0v) is 6.98. The number of hydrogen-bond acceptors (Lipinski definition) is 2. The average molecular weight is 142 g/mol. The smallest absolute Gasteiger partial charge is 0.0103 e. The van der Waals surface area contributed by atoms with E-state index in [1.54, 1.807) is 0 Å². The summed E-state index contributed by atoms with van der Waals surface area (Å²) in [6.45, 7) is 7.99. The van der Waals surface area contributed by atoms with Gasteiger partial charge in [0, 0.05) is 19.1 Å². The molecule has 2 nitrogen and oxygen atoms in total. The second kappa shape index (κ2) is 3.94. The van der Waals surface area contributed by atoms with Crippen molar-refractivity contribution in [3.8, 4) is 0 Å². The fraction of sp³-hybridized carbons (Fsp3) is 1.00. The van der Waals surface area contributed by atoms with E-state index in [1.807, 2.05) is 0 Å². The number of nitrogens with one attached hydrogen (secondary N) is 2. The lowest BCUT2D eigenvalue weighted by Gasteiger charge is -2.18. The Morgan fingerprint density at radius 1 is 1.20 bits per heavy atom. The van der Waals surface area contributed by atoms with Crippen molar-refractivity contribution < 1.29 is 0 Å².